The maximum absolute atomic E-state index is 13.3. The number of halogens is 1. The van der Waals surface area contributed by atoms with Gasteiger partial charge < -0.3 is 9.73 Å². The molecule has 0 unspecified atom stereocenters. The maximum Gasteiger partial charge on any atom is 0.228 e. The summed E-state index contributed by atoms with van der Waals surface area (Å²) in [4.78, 5) is 16.5. The van der Waals surface area contributed by atoms with Crippen LogP contribution in [0.25, 0.3) is 11.5 Å². The van der Waals surface area contributed by atoms with E-state index in [0.717, 1.165) is 17.5 Å². The minimum atomic E-state index is -0.266. The third-order valence-electron chi connectivity index (χ3n) is 4.21. The number of amides is 1. The Bertz CT molecular complexity index is 877. The monoisotopic (exact) mass is 322 g/mol. The summed E-state index contributed by atoms with van der Waals surface area (Å²) < 4.78 is 18.6. The molecule has 1 aliphatic carbocycles. The van der Waals surface area contributed by atoms with Crippen LogP contribution >= 0.6 is 0 Å². The summed E-state index contributed by atoms with van der Waals surface area (Å²) in [5, 5.41) is 2.92. The zero-order valence-corrected chi connectivity index (χ0v) is 12.8. The molecule has 2 atom stereocenters. The van der Waals surface area contributed by atoms with Crippen LogP contribution in [0.2, 0.25) is 0 Å². The van der Waals surface area contributed by atoms with Gasteiger partial charge in [-0.3, -0.25) is 4.79 Å². The lowest BCUT2D eigenvalue weighted by atomic mass is 10.1. The summed E-state index contributed by atoms with van der Waals surface area (Å²) in [6.45, 7) is 0. The minimum Gasteiger partial charge on any atom is -0.445 e. The normalized spacial score (nSPS) is 19.0. The minimum absolute atomic E-state index is 0.0474. The van der Waals surface area contributed by atoms with Crippen LogP contribution in [0.5, 0.6) is 0 Å². The van der Waals surface area contributed by atoms with Crippen molar-refractivity contribution in [1.82, 2.24) is 4.98 Å². The van der Waals surface area contributed by atoms with Gasteiger partial charge in [0.15, 0.2) is 0 Å². The molecule has 1 heterocycles. The Kier molecular flexibility index (Phi) is 3.61. The number of hydrogen-bond donors (Lipinski definition) is 1. The van der Waals surface area contributed by atoms with Crippen LogP contribution in [0.4, 0.5) is 10.1 Å². The highest BCUT2D eigenvalue weighted by atomic mass is 19.1. The van der Waals surface area contributed by atoms with E-state index in [0.29, 0.717) is 11.6 Å². The van der Waals surface area contributed by atoms with Crippen molar-refractivity contribution in [3.63, 3.8) is 0 Å². The number of rotatable bonds is 4. The first-order valence-electron chi connectivity index (χ1n) is 7.77. The summed E-state index contributed by atoms with van der Waals surface area (Å²) in [7, 11) is 0. The van der Waals surface area contributed by atoms with E-state index in [-0.39, 0.29) is 23.6 Å². The summed E-state index contributed by atoms with van der Waals surface area (Å²) in [6, 6.07) is 13.8. The molecule has 1 aliphatic rings. The predicted octanol–water partition coefficient (Wildman–Crippen LogP) is 4.22. The van der Waals surface area contributed by atoms with Gasteiger partial charge >= 0.3 is 0 Å². The highest BCUT2D eigenvalue weighted by Crippen LogP contribution is 2.48. The first-order valence-corrected chi connectivity index (χ1v) is 7.77. The van der Waals surface area contributed by atoms with Crippen molar-refractivity contribution in [2.24, 2.45) is 5.92 Å². The Balaban J connectivity index is 1.45. The Morgan fingerprint density at radius 2 is 2.08 bits per heavy atom. The number of aromatic nitrogens is 1. The molecule has 120 valence electrons. The van der Waals surface area contributed by atoms with Gasteiger partial charge in [0.05, 0.1) is 6.20 Å². The van der Waals surface area contributed by atoms with Crippen molar-refractivity contribution in [3.05, 3.63) is 72.4 Å². The second-order valence-corrected chi connectivity index (χ2v) is 5.91. The zero-order chi connectivity index (χ0) is 16.5. The molecule has 2 aromatic carbocycles. The molecule has 0 saturated heterocycles. The van der Waals surface area contributed by atoms with Crippen LogP contribution in [-0.4, -0.2) is 10.9 Å². The summed E-state index contributed by atoms with van der Waals surface area (Å²) in [5.74, 6) is 0.175. The smallest absolute Gasteiger partial charge is 0.228 e. The fourth-order valence-corrected chi connectivity index (χ4v) is 2.92. The number of anilines is 1. The number of oxazole rings is 1. The Morgan fingerprint density at radius 3 is 2.88 bits per heavy atom. The topological polar surface area (TPSA) is 55.1 Å². The van der Waals surface area contributed by atoms with Gasteiger partial charge in [-0.1, -0.05) is 18.2 Å². The number of carbonyl (C=O) groups excluding carboxylic acids is 1. The molecule has 5 heteroatoms. The van der Waals surface area contributed by atoms with Crippen LogP contribution in [0, 0.1) is 11.7 Å². The fourth-order valence-electron chi connectivity index (χ4n) is 2.92. The fraction of sp³-hybridized carbons (Fsp3) is 0.158. The first-order chi connectivity index (χ1) is 11.7. The summed E-state index contributed by atoms with van der Waals surface area (Å²) in [5.41, 5.74) is 2.37. The molecule has 1 amide bonds. The van der Waals surface area contributed by atoms with Crippen molar-refractivity contribution in [3.8, 4) is 11.5 Å². The lowest BCUT2D eigenvalue weighted by Crippen LogP contribution is -2.14. The van der Waals surface area contributed by atoms with Gasteiger partial charge in [0, 0.05) is 17.2 Å². The van der Waals surface area contributed by atoms with E-state index in [1.165, 1.54) is 18.4 Å². The molecule has 1 N–H and O–H groups in total. The van der Waals surface area contributed by atoms with Crippen LogP contribution in [-0.2, 0) is 4.79 Å². The molecule has 0 spiro atoms. The lowest BCUT2D eigenvalue weighted by molar-refractivity contribution is -0.117. The zero-order valence-electron chi connectivity index (χ0n) is 12.8. The van der Waals surface area contributed by atoms with E-state index < -0.39 is 0 Å². The highest BCUT2D eigenvalue weighted by molar-refractivity contribution is 5.95. The van der Waals surface area contributed by atoms with Gasteiger partial charge in [-0.25, -0.2) is 9.37 Å². The molecular formula is C19H15FN2O2. The predicted molar refractivity (Wildman–Crippen MR) is 87.8 cm³/mol. The maximum atomic E-state index is 13.3. The lowest BCUT2D eigenvalue weighted by Gasteiger charge is -2.06. The Morgan fingerprint density at radius 1 is 1.21 bits per heavy atom. The van der Waals surface area contributed by atoms with E-state index in [1.54, 1.807) is 12.3 Å². The molecule has 0 aliphatic heterocycles. The Labute approximate surface area is 138 Å². The summed E-state index contributed by atoms with van der Waals surface area (Å²) in [6.07, 6.45) is 3.83. The molecule has 0 radical (unpaired) electrons. The molecular weight excluding hydrogens is 307 g/mol. The Hall–Kier alpha value is -2.95. The second-order valence-electron chi connectivity index (χ2n) is 5.91. The largest absolute Gasteiger partial charge is 0.445 e. The van der Waals surface area contributed by atoms with E-state index >= 15 is 0 Å². The third kappa shape index (κ3) is 2.93. The van der Waals surface area contributed by atoms with Gasteiger partial charge in [0.25, 0.3) is 0 Å². The van der Waals surface area contributed by atoms with Gasteiger partial charge in [0.2, 0.25) is 11.8 Å². The van der Waals surface area contributed by atoms with Crippen LogP contribution in [0.15, 0.2) is 65.4 Å². The van der Waals surface area contributed by atoms with Crippen molar-refractivity contribution in [2.45, 2.75) is 12.3 Å². The standard InChI is InChI=1S/C19H15FN2O2/c20-14-5-1-3-12(9-14)16-11-17(16)18(23)22-15-6-2-4-13(10-15)19-21-7-8-24-19/h1-10,16-17H,11H2,(H,22,23)/t16-,17+/m0/s1. The van der Waals surface area contributed by atoms with Crippen molar-refractivity contribution >= 4 is 11.6 Å². The van der Waals surface area contributed by atoms with Gasteiger partial charge in [0.1, 0.15) is 12.1 Å². The number of hydrogen-bond acceptors (Lipinski definition) is 3. The number of nitrogens with one attached hydrogen (secondary N) is 1. The van der Waals surface area contributed by atoms with Crippen molar-refractivity contribution in [1.29, 1.82) is 0 Å². The highest BCUT2D eigenvalue weighted by Gasteiger charge is 2.44. The van der Waals surface area contributed by atoms with Crippen LogP contribution < -0.4 is 5.32 Å². The summed E-state index contributed by atoms with van der Waals surface area (Å²) >= 11 is 0. The van der Waals surface area contributed by atoms with Crippen LogP contribution in [0.1, 0.15) is 17.9 Å². The molecule has 4 rings (SSSR count). The average Bonchev–Trinajstić information content (AvgIpc) is 3.21. The molecule has 1 saturated carbocycles. The van der Waals surface area contributed by atoms with Gasteiger partial charge in [-0.05, 0) is 48.2 Å². The molecule has 1 aromatic heterocycles. The van der Waals surface area contributed by atoms with Gasteiger partial charge in [-0.15, -0.1) is 0 Å². The quantitative estimate of drug-likeness (QED) is 0.782. The first kappa shape index (κ1) is 14.6. The van der Waals surface area contributed by atoms with E-state index in [2.05, 4.69) is 10.3 Å². The number of benzene rings is 2. The SMILES string of the molecule is O=C(Nc1cccc(-c2ncco2)c1)[C@@H]1C[C@H]1c1cccc(F)c1. The van der Waals surface area contributed by atoms with Crippen molar-refractivity contribution in [2.75, 3.05) is 5.32 Å². The average molecular weight is 322 g/mol. The number of nitrogens with zero attached hydrogens (tertiary/aromatic N) is 1. The molecule has 3 aromatic rings. The molecule has 4 nitrogen and oxygen atoms in total. The van der Waals surface area contributed by atoms with E-state index in [1.807, 2.05) is 30.3 Å². The molecule has 0 bridgehead atoms. The molecule has 24 heavy (non-hydrogen) atoms. The number of carbonyl (C=O) groups is 1. The van der Waals surface area contributed by atoms with Crippen molar-refractivity contribution < 1.29 is 13.6 Å². The second kappa shape index (κ2) is 5.92. The molecule has 1 fully saturated rings. The van der Waals surface area contributed by atoms with Gasteiger partial charge in [-0.2, -0.15) is 0 Å². The van der Waals surface area contributed by atoms with E-state index in [9.17, 15) is 9.18 Å². The van der Waals surface area contributed by atoms with E-state index in [4.69, 9.17) is 4.42 Å². The third-order valence-corrected chi connectivity index (χ3v) is 4.21. The van der Waals surface area contributed by atoms with Crippen LogP contribution in [0.3, 0.4) is 0 Å².